The van der Waals surface area contributed by atoms with Gasteiger partial charge in [-0.1, -0.05) is 6.92 Å². The molecule has 122 valence electrons. The van der Waals surface area contributed by atoms with Gasteiger partial charge in [0.25, 0.3) is 5.91 Å². The van der Waals surface area contributed by atoms with Crippen molar-refractivity contribution in [3.63, 3.8) is 0 Å². The second-order valence-electron chi connectivity index (χ2n) is 4.37. The molecule has 2 N–H and O–H groups in total. The van der Waals surface area contributed by atoms with Crippen LogP contribution in [0.1, 0.15) is 23.7 Å². The number of benzene rings is 1. The molecule has 0 unspecified atom stereocenters. The predicted octanol–water partition coefficient (Wildman–Crippen LogP) is 0.968. The monoisotopic (exact) mass is 310 g/mol. The van der Waals surface area contributed by atoms with Gasteiger partial charge in [0.2, 0.25) is 11.7 Å². The third-order valence-corrected chi connectivity index (χ3v) is 2.98. The van der Waals surface area contributed by atoms with Gasteiger partial charge in [0.15, 0.2) is 11.5 Å². The molecule has 1 aromatic carbocycles. The Bertz CT molecular complexity index is 506. The first-order valence-electron chi connectivity index (χ1n) is 6.92. The van der Waals surface area contributed by atoms with Gasteiger partial charge in [0.1, 0.15) is 0 Å². The lowest BCUT2D eigenvalue weighted by atomic mass is 10.1. The highest BCUT2D eigenvalue weighted by Gasteiger charge is 2.16. The van der Waals surface area contributed by atoms with Crippen molar-refractivity contribution in [3.05, 3.63) is 17.7 Å². The van der Waals surface area contributed by atoms with Crippen molar-refractivity contribution in [2.75, 3.05) is 34.4 Å². The first kappa shape index (κ1) is 17.6. The van der Waals surface area contributed by atoms with Crippen LogP contribution in [-0.4, -0.2) is 46.2 Å². The Morgan fingerprint density at radius 2 is 1.50 bits per heavy atom. The number of methoxy groups -OCH3 is 3. The lowest BCUT2D eigenvalue weighted by molar-refractivity contribution is -0.120. The molecule has 0 aliphatic heterocycles. The minimum Gasteiger partial charge on any atom is -0.493 e. The summed E-state index contributed by atoms with van der Waals surface area (Å²) in [6, 6.07) is 3.14. The van der Waals surface area contributed by atoms with E-state index in [1.165, 1.54) is 21.3 Å². The number of carbonyl (C=O) groups excluding carboxylic acids is 2. The fourth-order valence-corrected chi connectivity index (χ4v) is 1.82. The number of carbonyl (C=O) groups is 2. The maximum absolute atomic E-state index is 12.1. The fraction of sp³-hybridized carbons (Fsp3) is 0.467. The summed E-state index contributed by atoms with van der Waals surface area (Å²) in [4.78, 5) is 23.2. The average molecular weight is 310 g/mol. The van der Waals surface area contributed by atoms with E-state index in [-0.39, 0.29) is 11.8 Å². The van der Waals surface area contributed by atoms with E-state index < -0.39 is 0 Å². The zero-order valence-corrected chi connectivity index (χ0v) is 13.3. The summed E-state index contributed by atoms with van der Waals surface area (Å²) < 4.78 is 15.6. The molecule has 1 aromatic rings. The zero-order valence-electron chi connectivity index (χ0n) is 13.3. The largest absolute Gasteiger partial charge is 0.493 e. The van der Waals surface area contributed by atoms with E-state index in [0.29, 0.717) is 42.3 Å². The quantitative estimate of drug-likeness (QED) is 0.699. The molecule has 0 bridgehead atoms. The van der Waals surface area contributed by atoms with Crippen LogP contribution in [0.3, 0.4) is 0 Å². The first-order chi connectivity index (χ1) is 10.6. The summed E-state index contributed by atoms with van der Waals surface area (Å²) >= 11 is 0. The molecule has 2 amide bonds. The van der Waals surface area contributed by atoms with Crippen molar-refractivity contribution >= 4 is 11.8 Å². The Hall–Kier alpha value is -2.44. The van der Waals surface area contributed by atoms with Gasteiger partial charge in [-0.2, -0.15) is 0 Å². The summed E-state index contributed by atoms with van der Waals surface area (Å²) in [6.07, 6.45) is 0.417. The topological polar surface area (TPSA) is 85.9 Å². The van der Waals surface area contributed by atoms with E-state index in [1.54, 1.807) is 19.1 Å². The minimum absolute atomic E-state index is 0.0537. The number of hydrogen-bond donors (Lipinski definition) is 2. The van der Waals surface area contributed by atoms with Crippen LogP contribution in [0.5, 0.6) is 17.2 Å². The number of nitrogens with one attached hydrogen (secondary N) is 2. The second-order valence-corrected chi connectivity index (χ2v) is 4.37. The standard InChI is InChI=1S/C15H22N2O5/c1-5-13(18)16-6-7-17-15(19)10-8-11(20-2)14(22-4)12(9-10)21-3/h8-9H,5-7H2,1-4H3,(H,16,18)(H,17,19). The SMILES string of the molecule is CCC(=O)NCCNC(=O)c1cc(OC)c(OC)c(OC)c1. The molecule has 0 heterocycles. The molecule has 0 aliphatic rings. The van der Waals surface area contributed by atoms with Crippen LogP contribution < -0.4 is 24.8 Å². The predicted molar refractivity (Wildman–Crippen MR) is 81.7 cm³/mol. The number of amides is 2. The Morgan fingerprint density at radius 3 is 1.95 bits per heavy atom. The maximum atomic E-state index is 12.1. The summed E-state index contributed by atoms with van der Waals surface area (Å²) in [7, 11) is 4.47. The smallest absolute Gasteiger partial charge is 0.251 e. The molecule has 1 rings (SSSR count). The van der Waals surface area contributed by atoms with E-state index in [1.807, 2.05) is 0 Å². The molecule has 0 fully saturated rings. The Kier molecular flexibility index (Phi) is 7.01. The third kappa shape index (κ3) is 4.54. The molecule has 0 spiro atoms. The summed E-state index contributed by atoms with van der Waals surface area (Å²) in [5, 5.41) is 5.39. The normalized spacial score (nSPS) is 9.82. The van der Waals surface area contributed by atoms with Gasteiger partial charge in [-0.05, 0) is 12.1 Å². The van der Waals surface area contributed by atoms with Gasteiger partial charge < -0.3 is 24.8 Å². The lowest BCUT2D eigenvalue weighted by Crippen LogP contribution is -2.34. The van der Waals surface area contributed by atoms with E-state index in [9.17, 15) is 9.59 Å². The van der Waals surface area contributed by atoms with E-state index in [4.69, 9.17) is 14.2 Å². The van der Waals surface area contributed by atoms with Crippen molar-refractivity contribution in [2.24, 2.45) is 0 Å². The molecule has 0 aliphatic carbocycles. The van der Waals surface area contributed by atoms with Crippen molar-refractivity contribution in [3.8, 4) is 17.2 Å². The van der Waals surface area contributed by atoms with Crippen LogP contribution in [0.2, 0.25) is 0 Å². The number of rotatable bonds is 8. The van der Waals surface area contributed by atoms with Crippen LogP contribution >= 0.6 is 0 Å². The third-order valence-electron chi connectivity index (χ3n) is 2.98. The van der Waals surface area contributed by atoms with E-state index >= 15 is 0 Å². The highest BCUT2D eigenvalue weighted by molar-refractivity contribution is 5.95. The van der Waals surface area contributed by atoms with Crippen LogP contribution in [-0.2, 0) is 4.79 Å². The van der Waals surface area contributed by atoms with Gasteiger partial charge in [-0.25, -0.2) is 0 Å². The highest BCUT2D eigenvalue weighted by atomic mass is 16.5. The van der Waals surface area contributed by atoms with Gasteiger partial charge in [-0.3, -0.25) is 9.59 Å². The molecule has 0 radical (unpaired) electrons. The summed E-state index contributed by atoms with van der Waals surface area (Å²) in [5.41, 5.74) is 0.385. The number of ether oxygens (including phenoxy) is 3. The molecule has 0 aromatic heterocycles. The zero-order chi connectivity index (χ0) is 16.5. The van der Waals surface area contributed by atoms with Crippen molar-refractivity contribution < 1.29 is 23.8 Å². The second kappa shape index (κ2) is 8.76. The lowest BCUT2D eigenvalue weighted by Gasteiger charge is -2.14. The Morgan fingerprint density at radius 1 is 0.955 bits per heavy atom. The molecule has 0 saturated heterocycles. The molecular weight excluding hydrogens is 288 g/mol. The summed E-state index contributed by atoms with van der Waals surface area (Å²) in [5.74, 6) is 0.904. The molecule has 7 nitrogen and oxygen atoms in total. The van der Waals surface area contributed by atoms with Gasteiger partial charge in [0.05, 0.1) is 21.3 Å². The van der Waals surface area contributed by atoms with E-state index in [2.05, 4.69) is 10.6 Å². The van der Waals surface area contributed by atoms with Crippen molar-refractivity contribution in [1.29, 1.82) is 0 Å². The van der Waals surface area contributed by atoms with Crippen LogP contribution in [0.4, 0.5) is 0 Å². The maximum Gasteiger partial charge on any atom is 0.251 e. The average Bonchev–Trinajstić information content (AvgIpc) is 2.56. The van der Waals surface area contributed by atoms with E-state index in [0.717, 1.165) is 0 Å². The van der Waals surface area contributed by atoms with Crippen molar-refractivity contribution in [2.45, 2.75) is 13.3 Å². The number of hydrogen-bond acceptors (Lipinski definition) is 5. The molecule has 7 heteroatoms. The first-order valence-corrected chi connectivity index (χ1v) is 6.92. The van der Waals surface area contributed by atoms with Crippen LogP contribution in [0.25, 0.3) is 0 Å². The Balaban J connectivity index is 2.75. The van der Waals surface area contributed by atoms with Crippen LogP contribution in [0.15, 0.2) is 12.1 Å². The molecular formula is C15H22N2O5. The van der Waals surface area contributed by atoms with Crippen LogP contribution in [0, 0.1) is 0 Å². The minimum atomic E-state index is -0.287. The van der Waals surface area contributed by atoms with Gasteiger partial charge >= 0.3 is 0 Å². The van der Waals surface area contributed by atoms with Gasteiger partial charge in [-0.15, -0.1) is 0 Å². The fourth-order valence-electron chi connectivity index (χ4n) is 1.82. The molecule has 0 saturated carbocycles. The molecule has 0 atom stereocenters. The highest BCUT2D eigenvalue weighted by Crippen LogP contribution is 2.38. The van der Waals surface area contributed by atoms with Crippen molar-refractivity contribution in [1.82, 2.24) is 10.6 Å². The Labute approximate surface area is 129 Å². The summed E-state index contributed by atoms with van der Waals surface area (Å²) in [6.45, 7) is 2.48. The molecule has 22 heavy (non-hydrogen) atoms. The van der Waals surface area contributed by atoms with Gasteiger partial charge in [0, 0.05) is 25.1 Å².